The number of halogens is 1. The Balaban J connectivity index is 2.93. The Hall–Kier alpha value is -0.640. The van der Waals surface area contributed by atoms with Crippen molar-refractivity contribution in [2.45, 2.75) is 6.04 Å². The van der Waals surface area contributed by atoms with Crippen molar-refractivity contribution in [2.24, 2.45) is 5.73 Å². The second kappa shape index (κ2) is 3.67. The summed E-state index contributed by atoms with van der Waals surface area (Å²) in [6, 6.07) is 1.29. The molecule has 0 aliphatic rings. The summed E-state index contributed by atoms with van der Waals surface area (Å²) in [7, 11) is 0. The van der Waals surface area contributed by atoms with E-state index in [0.29, 0.717) is 5.02 Å². The van der Waals surface area contributed by atoms with Crippen LogP contribution in [-0.4, -0.2) is 16.7 Å². The average molecular weight is 173 g/mol. The molecule has 0 amide bonds. The quantitative estimate of drug-likeness (QED) is 0.692. The maximum absolute atomic E-state index is 8.71. The third kappa shape index (κ3) is 1.89. The Morgan fingerprint density at radius 2 is 2.45 bits per heavy atom. The predicted molar refractivity (Wildman–Crippen MR) is 43.3 cm³/mol. The van der Waals surface area contributed by atoms with E-state index in [2.05, 4.69) is 4.98 Å². The van der Waals surface area contributed by atoms with Crippen LogP contribution in [-0.2, 0) is 0 Å². The van der Waals surface area contributed by atoms with Crippen molar-refractivity contribution in [2.75, 3.05) is 6.61 Å². The highest BCUT2D eigenvalue weighted by Crippen LogP contribution is 2.18. The van der Waals surface area contributed by atoms with Gasteiger partial charge in [-0.1, -0.05) is 11.6 Å². The first-order valence-electron chi connectivity index (χ1n) is 3.21. The van der Waals surface area contributed by atoms with E-state index in [-0.39, 0.29) is 6.61 Å². The Kier molecular flexibility index (Phi) is 2.82. The van der Waals surface area contributed by atoms with Crippen molar-refractivity contribution in [3.63, 3.8) is 0 Å². The number of rotatable bonds is 2. The summed E-state index contributed by atoms with van der Waals surface area (Å²) in [6.07, 6.45) is 3.10. The first kappa shape index (κ1) is 8.46. The van der Waals surface area contributed by atoms with Gasteiger partial charge in [0.25, 0.3) is 0 Å². The molecule has 0 spiro atoms. The molecule has 4 heteroatoms. The zero-order chi connectivity index (χ0) is 8.27. The largest absolute Gasteiger partial charge is 0.394 e. The van der Waals surface area contributed by atoms with Gasteiger partial charge in [-0.15, -0.1) is 0 Å². The van der Waals surface area contributed by atoms with Crippen LogP contribution in [0.3, 0.4) is 0 Å². The van der Waals surface area contributed by atoms with Crippen molar-refractivity contribution in [3.05, 3.63) is 29.0 Å². The molecule has 0 radical (unpaired) electrons. The highest BCUT2D eigenvalue weighted by Gasteiger charge is 2.07. The van der Waals surface area contributed by atoms with E-state index in [4.69, 9.17) is 22.4 Å². The molecule has 0 saturated heterocycles. The Morgan fingerprint density at radius 1 is 1.73 bits per heavy atom. The van der Waals surface area contributed by atoms with Crippen molar-refractivity contribution in [1.82, 2.24) is 4.98 Å². The first-order valence-corrected chi connectivity index (χ1v) is 3.59. The monoisotopic (exact) mass is 172 g/mol. The fourth-order valence-electron chi connectivity index (χ4n) is 0.785. The van der Waals surface area contributed by atoms with Gasteiger partial charge in [0.05, 0.1) is 17.7 Å². The molecule has 0 saturated carbocycles. The van der Waals surface area contributed by atoms with Crippen LogP contribution in [0.15, 0.2) is 18.5 Å². The lowest BCUT2D eigenvalue weighted by Gasteiger charge is -2.08. The Labute approximate surface area is 69.8 Å². The van der Waals surface area contributed by atoms with Gasteiger partial charge in [0.15, 0.2) is 0 Å². The minimum atomic E-state index is -0.412. The molecular weight excluding hydrogens is 164 g/mol. The van der Waals surface area contributed by atoms with E-state index in [1.807, 2.05) is 0 Å². The molecule has 1 rings (SSSR count). The van der Waals surface area contributed by atoms with E-state index < -0.39 is 6.04 Å². The van der Waals surface area contributed by atoms with E-state index in [9.17, 15) is 0 Å². The molecule has 1 atom stereocenters. The maximum atomic E-state index is 8.71. The van der Waals surface area contributed by atoms with E-state index in [1.165, 1.54) is 6.20 Å². The maximum Gasteiger partial charge on any atom is 0.0637 e. The lowest BCUT2D eigenvalue weighted by molar-refractivity contribution is 0.268. The molecule has 0 aliphatic heterocycles. The van der Waals surface area contributed by atoms with Gasteiger partial charge >= 0.3 is 0 Å². The summed E-state index contributed by atoms with van der Waals surface area (Å²) in [5.74, 6) is 0. The van der Waals surface area contributed by atoms with Gasteiger partial charge < -0.3 is 10.8 Å². The molecule has 60 valence electrons. The zero-order valence-electron chi connectivity index (χ0n) is 5.87. The third-order valence-corrected chi connectivity index (χ3v) is 1.72. The van der Waals surface area contributed by atoms with Crippen molar-refractivity contribution in [1.29, 1.82) is 0 Å². The molecule has 3 N–H and O–H groups in total. The molecule has 3 nitrogen and oxygen atoms in total. The fraction of sp³-hybridized carbons (Fsp3) is 0.286. The summed E-state index contributed by atoms with van der Waals surface area (Å²) in [4.78, 5) is 3.79. The van der Waals surface area contributed by atoms with Crippen LogP contribution in [0.5, 0.6) is 0 Å². The molecule has 11 heavy (non-hydrogen) atoms. The smallest absolute Gasteiger partial charge is 0.0637 e. The first-order chi connectivity index (χ1) is 5.25. The van der Waals surface area contributed by atoms with Gasteiger partial charge in [-0.05, 0) is 11.6 Å². The summed E-state index contributed by atoms with van der Waals surface area (Å²) in [6.45, 7) is -0.107. The van der Waals surface area contributed by atoms with Gasteiger partial charge in [0.2, 0.25) is 0 Å². The minimum absolute atomic E-state index is 0.107. The van der Waals surface area contributed by atoms with Gasteiger partial charge in [-0.2, -0.15) is 0 Å². The fourth-order valence-corrected chi connectivity index (χ4v) is 1.04. The van der Waals surface area contributed by atoms with Crippen LogP contribution in [0, 0.1) is 0 Å². The van der Waals surface area contributed by atoms with Crippen LogP contribution in [0.2, 0.25) is 5.02 Å². The van der Waals surface area contributed by atoms with Crippen molar-refractivity contribution >= 4 is 11.6 Å². The molecule has 1 aromatic heterocycles. The number of pyridine rings is 1. The topological polar surface area (TPSA) is 59.1 Å². The van der Waals surface area contributed by atoms with Crippen molar-refractivity contribution in [3.8, 4) is 0 Å². The van der Waals surface area contributed by atoms with Gasteiger partial charge in [0, 0.05) is 12.4 Å². The van der Waals surface area contributed by atoms with E-state index in [0.717, 1.165) is 5.56 Å². The molecule has 0 unspecified atom stereocenters. The number of nitrogens with zero attached hydrogens (tertiary/aromatic N) is 1. The Bertz CT molecular complexity index is 242. The lowest BCUT2D eigenvalue weighted by Crippen LogP contribution is -2.14. The van der Waals surface area contributed by atoms with Crippen molar-refractivity contribution < 1.29 is 5.11 Å². The van der Waals surface area contributed by atoms with E-state index in [1.54, 1.807) is 12.3 Å². The van der Waals surface area contributed by atoms with E-state index >= 15 is 0 Å². The summed E-state index contributed by atoms with van der Waals surface area (Å²) in [5.41, 5.74) is 6.26. The van der Waals surface area contributed by atoms with Gasteiger partial charge in [-0.25, -0.2) is 0 Å². The average Bonchev–Trinajstić information content (AvgIpc) is 2.04. The highest BCUT2D eigenvalue weighted by atomic mass is 35.5. The number of hydrogen-bond acceptors (Lipinski definition) is 3. The number of nitrogens with two attached hydrogens (primary N) is 1. The van der Waals surface area contributed by atoms with Crippen LogP contribution >= 0.6 is 11.6 Å². The molecule has 0 bridgehead atoms. The number of hydrogen-bond donors (Lipinski definition) is 2. The van der Waals surface area contributed by atoms with Crippen LogP contribution < -0.4 is 5.73 Å². The second-order valence-corrected chi connectivity index (χ2v) is 2.59. The summed E-state index contributed by atoms with van der Waals surface area (Å²) in [5, 5.41) is 9.20. The molecule has 1 aromatic rings. The molecule has 0 fully saturated rings. The second-order valence-electron chi connectivity index (χ2n) is 2.19. The SMILES string of the molecule is N[C@H](CO)c1ccncc1Cl. The van der Waals surface area contributed by atoms with Crippen LogP contribution in [0.25, 0.3) is 0 Å². The van der Waals surface area contributed by atoms with Gasteiger partial charge in [0.1, 0.15) is 0 Å². The number of aromatic nitrogens is 1. The highest BCUT2D eigenvalue weighted by molar-refractivity contribution is 6.31. The van der Waals surface area contributed by atoms with Crippen LogP contribution in [0.1, 0.15) is 11.6 Å². The molecule has 0 aliphatic carbocycles. The standard InChI is InChI=1S/C7H9ClN2O/c8-6-3-10-2-1-5(6)7(9)4-11/h1-3,7,11H,4,9H2/t7-/m1/s1. The van der Waals surface area contributed by atoms with Crippen LogP contribution in [0.4, 0.5) is 0 Å². The molecular formula is C7H9ClN2O. The lowest BCUT2D eigenvalue weighted by atomic mass is 10.1. The normalized spacial score (nSPS) is 13.0. The zero-order valence-corrected chi connectivity index (χ0v) is 6.62. The molecule has 1 heterocycles. The predicted octanol–water partition coefficient (Wildman–Crippen LogP) is 0.727. The summed E-state index contributed by atoms with van der Waals surface area (Å²) >= 11 is 5.74. The molecule has 0 aromatic carbocycles. The number of aliphatic hydroxyl groups is 1. The van der Waals surface area contributed by atoms with Gasteiger partial charge in [-0.3, -0.25) is 4.98 Å². The third-order valence-electron chi connectivity index (χ3n) is 1.40. The number of aliphatic hydroxyl groups excluding tert-OH is 1. The summed E-state index contributed by atoms with van der Waals surface area (Å²) < 4.78 is 0. The Morgan fingerprint density at radius 3 is 3.00 bits per heavy atom. The minimum Gasteiger partial charge on any atom is -0.394 e.